The topological polar surface area (TPSA) is 162 Å². The van der Waals surface area contributed by atoms with Crippen molar-refractivity contribution in [3.8, 4) is 0 Å². The minimum absolute atomic E-state index is 0.0348. The van der Waals surface area contributed by atoms with Crippen LogP contribution < -0.4 is 27.8 Å². The van der Waals surface area contributed by atoms with E-state index in [1.54, 1.807) is 13.8 Å². The molecule has 1 heterocycles. The zero-order valence-corrected chi connectivity index (χ0v) is 16.9. The molecule has 2 rings (SSSR count). The van der Waals surface area contributed by atoms with Crippen molar-refractivity contribution >= 4 is 46.4 Å². The van der Waals surface area contributed by atoms with Gasteiger partial charge in [-0.05, 0) is 25.0 Å². The van der Waals surface area contributed by atoms with E-state index in [1.165, 1.54) is 12.3 Å². The average Bonchev–Trinajstić information content (AvgIpc) is 2.68. The second-order valence-corrected chi connectivity index (χ2v) is 6.89. The summed E-state index contributed by atoms with van der Waals surface area (Å²) >= 11 is 5.29. The van der Waals surface area contributed by atoms with Crippen molar-refractivity contribution in [3.63, 3.8) is 0 Å². The van der Waals surface area contributed by atoms with Gasteiger partial charge in [0, 0.05) is 5.70 Å². The van der Waals surface area contributed by atoms with Gasteiger partial charge in [-0.1, -0.05) is 49.5 Å². The van der Waals surface area contributed by atoms with Gasteiger partial charge in [-0.25, -0.2) is 9.97 Å². The highest BCUT2D eigenvalue weighted by Gasteiger charge is 2.29. The van der Waals surface area contributed by atoms with Crippen molar-refractivity contribution in [1.29, 1.82) is 0 Å². The maximum atomic E-state index is 11.7. The summed E-state index contributed by atoms with van der Waals surface area (Å²) in [4.78, 5) is 31.9. The molecule has 8 N–H and O–H groups in total. The minimum Gasteiger partial charge on any atom is -0.398 e. The smallest absolute Gasteiger partial charge is 0.271 e. The highest BCUT2D eigenvalue weighted by Crippen LogP contribution is 2.20. The Kier molecular flexibility index (Phi) is 6.84. The fourth-order valence-corrected chi connectivity index (χ4v) is 2.56. The monoisotopic (exact) mass is 413 g/mol. The molecular formula is C19H23N7O2S. The lowest BCUT2D eigenvalue weighted by Crippen LogP contribution is -2.47. The molecule has 0 spiro atoms. The molecule has 0 radical (unpaired) electrons. The normalized spacial score (nSPS) is 13.2. The zero-order valence-electron chi connectivity index (χ0n) is 16.1. The zero-order chi connectivity index (χ0) is 21.6. The van der Waals surface area contributed by atoms with Crippen LogP contribution in [0.25, 0.3) is 5.70 Å². The van der Waals surface area contributed by atoms with Crippen molar-refractivity contribution in [2.75, 3.05) is 10.6 Å². The minimum atomic E-state index is -1.04. The molecule has 2 amide bonds. The van der Waals surface area contributed by atoms with Gasteiger partial charge >= 0.3 is 0 Å². The molecule has 0 aliphatic heterocycles. The van der Waals surface area contributed by atoms with E-state index < -0.39 is 17.4 Å². The first-order valence-electron chi connectivity index (χ1n) is 8.74. The van der Waals surface area contributed by atoms with Gasteiger partial charge < -0.3 is 27.8 Å². The Morgan fingerprint density at radius 1 is 1.21 bits per heavy atom. The summed E-state index contributed by atoms with van der Waals surface area (Å²) in [7, 11) is 0. The fraction of sp³-hybridized carbons (Fsp3) is 0.211. The molecule has 0 bridgehead atoms. The lowest BCUT2D eigenvalue weighted by molar-refractivity contribution is -0.121. The standard InChI is InChI=1S/C19H23N7O2S/c1-3-19(2,18(22)28)26-13-10-23-15(16(21)27)17(24-13)25-14(29)9-12(20)11-7-5-4-6-8-11/h4-10H,3,20H2,1-2H3,(H2,21,27)(H2,22,28)(H2,24,25,26,29)/b12-9-. The highest BCUT2D eigenvalue weighted by atomic mass is 32.1. The summed E-state index contributed by atoms with van der Waals surface area (Å²) in [6, 6.07) is 9.24. The molecule has 0 aliphatic rings. The lowest BCUT2D eigenvalue weighted by Gasteiger charge is -2.26. The first kappa shape index (κ1) is 21.8. The van der Waals surface area contributed by atoms with Crippen LogP contribution in [-0.4, -0.2) is 32.3 Å². The molecule has 1 atom stereocenters. The lowest BCUT2D eigenvalue weighted by atomic mass is 9.98. The quantitative estimate of drug-likeness (QED) is 0.320. The predicted molar refractivity (Wildman–Crippen MR) is 117 cm³/mol. The van der Waals surface area contributed by atoms with E-state index >= 15 is 0 Å². The van der Waals surface area contributed by atoms with Crippen LogP contribution in [0.4, 0.5) is 11.6 Å². The number of nitrogens with one attached hydrogen (secondary N) is 2. The number of carbonyl (C=O) groups is 2. The van der Waals surface area contributed by atoms with E-state index in [0.29, 0.717) is 12.1 Å². The molecule has 0 aliphatic carbocycles. The molecule has 29 heavy (non-hydrogen) atoms. The molecular weight excluding hydrogens is 390 g/mol. The summed E-state index contributed by atoms with van der Waals surface area (Å²) in [5.74, 6) is -1.08. The second kappa shape index (κ2) is 9.11. The van der Waals surface area contributed by atoms with Crippen LogP contribution in [0.1, 0.15) is 36.3 Å². The number of carbonyl (C=O) groups excluding carboxylic acids is 2. The van der Waals surface area contributed by atoms with E-state index in [4.69, 9.17) is 29.4 Å². The largest absolute Gasteiger partial charge is 0.398 e. The fourth-order valence-electron chi connectivity index (χ4n) is 2.33. The second-order valence-electron chi connectivity index (χ2n) is 6.45. The number of hydrogen-bond donors (Lipinski definition) is 5. The SMILES string of the molecule is CCC(C)(Nc1cnc(C(N)=O)c(NC(=S)/C=C(\N)c2ccccc2)n1)C(N)=O. The van der Waals surface area contributed by atoms with Crippen LogP contribution in [0.15, 0.2) is 42.6 Å². The molecule has 0 saturated carbocycles. The van der Waals surface area contributed by atoms with Crippen molar-refractivity contribution in [3.05, 3.63) is 53.9 Å². The molecule has 2 aromatic rings. The van der Waals surface area contributed by atoms with Gasteiger partial charge in [-0.2, -0.15) is 0 Å². The van der Waals surface area contributed by atoms with Crippen molar-refractivity contribution in [1.82, 2.24) is 9.97 Å². The van der Waals surface area contributed by atoms with E-state index in [1.807, 2.05) is 30.3 Å². The van der Waals surface area contributed by atoms with E-state index in [2.05, 4.69) is 20.6 Å². The first-order valence-corrected chi connectivity index (χ1v) is 9.15. The average molecular weight is 414 g/mol. The van der Waals surface area contributed by atoms with Crippen LogP contribution >= 0.6 is 12.2 Å². The van der Waals surface area contributed by atoms with Crippen LogP contribution in [-0.2, 0) is 4.79 Å². The number of hydrogen-bond acceptors (Lipinski definition) is 7. The summed E-state index contributed by atoms with van der Waals surface area (Å²) in [5.41, 5.74) is 16.9. The summed E-state index contributed by atoms with van der Waals surface area (Å²) in [6.45, 7) is 3.44. The maximum Gasteiger partial charge on any atom is 0.271 e. The van der Waals surface area contributed by atoms with Crippen LogP contribution in [0.5, 0.6) is 0 Å². The molecule has 1 unspecified atom stereocenters. The number of primary amides is 2. The molecule has 152 valence electrons. The number of benzene rings is 1. The Balaban J connectivity index is 2.31. The molecule has 0 saturated heterocycles. The Hall–Kier alpha value is -3.53. The molecule has 10 heteroatoms. The van der Waals surface area contributed by atoms with Gasteiger partial charge in [0.15, 0.2) is 11.5 Å². The summed E-state index contributed by atoms with van der Waals surface area (Å²) in [5, 5.41) is 5.74. The van der Waals surface area contributed by atoms with Crippen molar-refractivity contribution in [2.45, 2.75) is 25.8 Å². The number of thiocarbonyl (C=S) groups is 1. The summed E-state index contributed by atoms with van der Waals surface area (Å²) < 4.78 is 0. The molecule has 1 aromatic heterocycles. The Bertz CT molecular complexity index is 962. The number of nitrogens with two attached hydrogens (primary N) is 3. The van der Waals surface area contributed by atoms with Gasteiger partial charge in [0.2, 0.25) is 5.91 Å². The van der Waals surface area contributed by atoms with Gasteiger partial charge in [0.1, 0.15) is 16.3 Å². The number of rotatable bonds is 8. The van der Waals surface area contributed by atoms with Gasteiger partial charge in [-0.3, -0.25) is 9.59 Å². The molecule has 9 nitrogen and oxygen atoms in total. The first-order chi connectivity index (χ1) is 13.7. The van der Waals surface area contributed by atoms with Crippen molar-refractivity contribution < 1.29 is 9.59 Å². The predicted octanol–water partition coefficient (Wildman–Crippen LogP) is 1.38. The van der Waals surface area contributed by atoms with Crippen molar-refractivity contribution in [2.24, 2.45) is 17.2 Å². The number of anilines is 2. The molecule has 0 fully saturated rings. The maximum absolute atomic E-state index is 11.7. The van der Waals surface area contributed by atoms with E-state index in [0.717, 1.165) is 5.56 Å². The number of amides is 2. The Morgan fingerprint density at radius 3 is 2.41 bits per heavy atom. The third-order valence-electron chi connectivity index (χ3n) is 4.30. The number of aromatic nitrogens is 2. The van der Waals surface area contributed by atoms with Crippen LogP contribution in [0.3, 0.4) is 0 Å². The van der Waals surface area contributed by atoms with Gasteiger partial charge in [-0.15, -0.1) is 0 Å². The molecule has 1 aromatic carbocycles. The van der Waals surface area contributed by atoms with Crippen LogP contribution in [0.2, 0.25) is 0 Å². The van der Waals surface area contributed by atoms with Gasteiger partial charge in [0.25, 0.3) is 5.91 Å². The Labute approximate surface area is 173 Å². The summed E-state index contributed by atoms with van der Waals surface area (Å²) in [6.07, 6.45) is 3.23. The third kappa shape index (κ3) is 5.48. The van der Waals surface area contributed by atoms with E-state index in [9.17, 15) is 9.59 Å². The third-order valence-corrected chi connectivity index (χ3v) is 4.52. The van der Waals surface area contributed by atoms with Crippen LogP contribution in [0, 0.1) is 0 Å². The number of nitrogens with zero attached hydrogens (tertiary/aromatic N) is 2. The van der Waals surface area contributed by atoms with Gasteiger partial charge in [0.05, 0.1) is 6.20 Å². The highest BCUT2D eigenvalue weighted by molar-refractivity contribution is 7.81. The van der Waals surface area contributed by atoms with E-state index in [-0.39, 0.29) is 22.3 Å². The Morgan fingerprint density at radius 2 is 1.86 bits per heavy atom.